The third-order valence-corrected chi connectivity index (χ3v) is 2.12. The Hall–Kier alpha value is -1.53. The van der Waals surface area contributed by atoms with Gasteiger partial charge in [0.25, 0.3) is 0 Å². The van der Waals surface area contributed by atoms with Gasteiger partial charge in [0.15, 0.2) is 6.61 Å². The van der Waals surface area contributed by atoms with Crippen LogP contribution in [0.2, 0.25) is 0 Å². The maximum Gasteiger partial charge on any atom is 0.422 e. The first-order valence-corrected chi connectivity index (χ1v) is 5.75. The third kappa shape index (κ3) is 4.38. The number of hydrogen-bond acceptors (Lipinski definition) is 4. The Balaban J connectivity index is 2.91. The fourth-order valence-corrected chi connectivity index (χ4v) is 1.47. The third-order valence-electron chi connectivity index (χ3n) is 2.12. The van der Waals surface area contributed by atoms with Crippen molar-refractivity contribution in [2.45, 2.75) is 32.9 Å². The number of nitrogens with one attached hydrogen (secondary N) is 1. The minimum Gasteiger partial charge on any atom is -0.468 e. The van der Waals surface area contributed by atoms with Crippen molar-refractivity contribution in [3.05, 3.63) is 11.9 Å². The predicted molar refractivity (Wildman–Crippen MR) is 61.7 cm³/mol. The quantitative estimate of drug-likeness (QED) is 0.857. The lowest BCUT2D eigenvalue weighted by Gasteiger charge is -2.14. The lowest BCUT2D eigenvalue weighted by molar-refractivity contribution is -0.154. The van der Waals surface area contributed by atoms with Crippen LogP contribution in [0.15, 0.2) is 6.33 Å². The van der Waals surface area contributed by atoms with Crippen molar-refractivity contribution in [3.63, 3.8) is 0 Å². The van der Waals surface area contributed by atoms with E-state index in [1.54, 1.807) is 0 Å². The first kappa shape index (κ1) is 14.5. The molecule has 0 aromatic carbocycles. The van der Waals surface area contributed by atoms with Crippen molar-refractivity contribution in [2.24, 2.45) is 0 Å². The molecule has 1 N–H and O–H groups in total. The van der Waals surface area contributed by atoms with Crippen molar-refractivity contribution in [2.75, 3.05) is 18.5 Å². The van der Waals surface area contributed by atoms with Gasteiger partial charge in [-0.3, -0.25) is 0 Å². The highest BCUT2D eigenvalue weighted by Gasteiger charge is 2.29. The van der Waals surface area contributed by atoms with Crippen LogP contribution < -0.4 is 10.1 Å². The average molecular weight is 263 g/mol. The standard InChI is InChI=1S/C11H16F3N3O/c1-3-5-8-9(15-4-2)16-7-17-10(8)18-6-11(12,13)14/h7H,3-6H2,1-2H3,(H,15,16,17). The van der Waals surface area contributed by atoms with Gasteiger partial charge in [0, 0.05) is 6.54 Å². The van der Waals surface area contributed by atoms with Gasteiger partial charge in [0.05, 0.1) is 5.56 Å². The smallest absolute Gasteiger partial charge is 0.422 e. The van der Waals surface area contributed by atoms with E-state index in [0.29, 0.717) is 24.3 Å². The second-order valence-corrected chi connectivity index (χ2v) is 3.69. The Bertz CT molecular complexity index is 382. The lowest BCUT2D eigenvalue weighted by Crippen LogP contribution is -2.20. The molecule has 0 aliphatic heterocycles. The summed E-state index contributed by atoms with van der Waals surface area (Å²) in [6.45, 7) is 3.10. The minimum atomic E-state index is -4.37. The molecular formula is C11H16F3N3O. The summed E-state index contributed by atoms with van der Waals surface area (Å²) in [5.41, 5.74) is 0.589. The van der Waals surface area contributed by atoms with E-state index in [-0.39, 0.29) is 5.88 Å². The van der Waals surface area contributed by atoms with Gasteiger partial charge in [-0.2, -0.15) is 13.2 Å². The van der Waals surface area contributed by atoms with Crippen LogP contribution in [0.1, 0.15) is 25.8 Å². The van der Waals surface area contributed by atoms with Gasteiger partial charge in [0.2, 0.25) is 5.88 Å². The van der Waals surface area contributed by atoms with Crippen molar-refractivity contribution < 1.29 is 17.9 Å². The molecule has 0 saturated heterocycles. The maximum absolute atomic E-state index is 12.1. The molecule has 0 aliphatic carbocycles. The summed E-state index contributed by atoms with van der Waals surface area (Å²) in [6.07, 6.45) is -1.83. The minimum absolute atomic E-state index is 0.000116. The summed E-state index contributed by atoms with van der Waals surface area (Å²) in [5.74, 6) is 0.534. The molecule has 7 heteroatoms. The topological polar surface area (TPSA) is 47.0 Å². The molecule has 102 valence electrons. The van der Waals surface area contributed by atoms with E-state index in [1.807, 2.05) is 13.8 Å². The molecule has 0 saturated carbocycles. The molecule has 0 spiro atoms. The summed E-state index contributed by atoms with van der Waals surface area (Å²) in [4.78, 5) is 7.78. The van der Waals surface area contributed by atoms with Gasteiger partial charge in [-0.1, -0.05) is 13.3 Å². The van der Waals surface area contributed by atoms with Crippen LogP contribution in [0.25, 0.3) is 0 Å². The van der Waals surface area contributed by atoms with Gasteiger partial charge in [0.1, 0.15) is 12.1 Å². The highest BCUT2D eigenvalue weighted by atomic mass is 19.4. The van der Waals surface area contributed by atoms with Crippen LogP contribution in [0.3, 0.4) is 0 Å². The molecule has 1 aromatic rings. The molecule has 1 rings (SSSR count). The molecule has 0 amide bonds. The van der Waals surface area contributed by atoms with Crippen LogP contribution in [0, 0.1) is 0 Å². The van der Waals surface area contributed by atoms with Crippen molar-refractivity contribution in [3.8, 4) is 5.88 Å². The summed E-state index contributed by atoms with van der Waals surface area (Å²) in [6, 6.07) is 0. The molecular weight excluding hydrogens is 247 g/mol. The Labute approximate surface area is 104 Å². The largest absolute Gasteiger partial charge is 0.468 e. The summed E-state index contributed by atoms with van der Waals surface area (Å²) in [7, 11) is 0. The first-order chi connectivity index (χ1) is 8.48. The van der Waals surface area contributed by atoms with Gasteiger partial charge >= 0.3 is 6.18 Å². The molecule has 0 aliphatic rings. The number of halogens is 3. The van der Waals surface area contributed by atoms with E-state index in [2.05, 4.69) is 15.3 Å². The lowest BCUT2D eigenvalue weighted by atomic mass is 10.1. The van der Waals surface area contributed by atoms with E-state index < -0.39 is 12.8 Å². The Morgan fingerprint density at radius 2 is 2.00 bits per heavy atom. The highest BCUT2D eigenvalue weighted by molar-refractivity contribution is 5.48. The number of anilines is 1. The Kier molecular flexibility index (Phi) is 5.18. The average Bonchev–Trinajstić information content (AvgIpc) is 2.29. The fraction of sp³-hybridized carbons (Fsp3) is 0.636. The number of rotatable bonds is 6. The molecule has 0 atom stereocenters. The van der Waals surface area contributed by atoms with Gasteiger partial charge in [-0.05, 0) is 13.3 Å². The fourth-order valence-electron chi connectivity index (χ4n) is 1.47. The zero-order chi connectivity index (χ0) is 13.6. The summed E-state index contributed by atoms with van der Waals surface area (Å²) >= 11 is 0. The number of nitrogens with zero attached hydrogens (tertiary/aromatic N) is 2. The SMILES string of the molecule is CCCc1c(NCC)ncnc1OCC(F)(F)F. The van der Waals surface area contributed by atoms with Crippen molar-refractivity contribution in [1.82, 2.24) is 9.97 Å². The normalized spacial score (nSPS) is 11.4. The monoisotopic (exact) mass is 263 g/mol. The van der Waals surface area contributed by atoms with Crippen LogP contribution >= 0.6 is 0 Å². The second-order valence-electron chi connectivity index (χ2n) is 3.69. The molecule has 18 heavy (non-hydrogen) atoms. The van der Waals surface area contributed by atoms with E-state index >= 15 is 0 Å². The van der Waals surface area contributed by atoms with Crippen LogP contribution in [-0.4, -0.2) is 29.3 Å². The molecule has 0 unspecified atom stereocenters. The van der Waals surface area contributed by atoms with Gasteiger partial charge in [-0.25, -0.2) is 9.97 Å². The molecule has 1 aromatic heterocycles. The molecule has 0 bridgehead atoms. The van der Waals surface area contributed by atoms with E-state index in [9.17, 15) is 13.2 Å². The van der Waals surface area contributed by atoms with Crippen molar-refractivity contribution >= 4 is 5.82 Å². The van der Waals surface area contributed by atoms with Crippen molar-refractivity contribution in [1.29, 1.82) is 0 Å². The number of aromatic nitrogens is 2. The molecule has 1 heterocycles. The molecule has 4 nitrogen and oxygen atoms in total. The maximum atomic E-state index is 12.1. The van der Waals surface area contributed by atoms with Crippen LogP contribution in [0.4, 0.5) is 19.0 Å². The predicted octanol–water partition coefficient (Wildman–Crippen LogP) is 2.80. The van der Waals surface area contributed by atoms with Gasteiger partial charge < -0.3 is 10.1 Å². The summed E-state index contributed by atoms with van der Waals surface area (Å²) < 4.78 is 41.1. The summed E-state index contributed by atoms with van der Waals surface area (Å²) in [5, 5.41) is 2.99. The zero-order valence-electron chi connectivity index (χ0n) is 10.3. The number of alkyl halides is 3. The number of ether oxygens (including phenoxy) is 1. The Morgan fingerprint density at radius 3 is 2.56 bits per heavy atom. The molecule has 0 radical (unpaired) electrons. The Morgan fingerprint density at radius 1 is 1.28 bits per heavy atom. The van der Waals surface area contributed by atoms with E-state index in [0.717, 1.165) is 6.42 Å². The number of hydrogen-bond donors (Lipinski definition) is 1. The van der Waals surface area contributed by atoms with Gasteiger partial charge in [-0.15, -0.1) is 0 Å². The highest BCUT2D eigenvalue weighted by Crippen LogP contribution is 2.25. The van der Waals surface area contributed by atoms with Crippen LogP contribution in [0.5, 0.6) is 5.88 Å². The first-order valence-electron chi connectivity index (χ1n) is 5.75. The van der Waals surface area contributed by atoms with E-state index in [1.165, 1.54) is 6.33 Å². The molecule has 0 fully saturated rings. The van der Waals surface area contributed by atoms with E-state index in [4.69, 9.17) is 4.74 Å². The second kappa shape index (κ2) is 6.42. The van der Waals surface area contributed by atoms with Crippen LogP contribution in [-0.2, 0) is 6.42 Å². The zero-order valence-corrected chi connectivity index (χ0v) is 10.3.